The predicted octanol–water partition coefficient (Wildman–Crippen LogP) is 5.18. The molecule has 0 fully saturated rings. The highest BCUT2D eigenvalue weighted by molar-refractivity contribution is 7.98. The van der Waals surface area contributed by atoms with E-state index in [0.717, 1.165) is 17.4 Å². The zero-order valence-electron chi connectivity index (χ0n) is 14.3. The fourth-order valence-electron chi connectivity index (χ4n) is 3.08. The molecule has 3 nitrogen and oxygen atoms in total. The van der Waals surface area contributed by atoms with Gasteiger partial charge in [0.25, 0.3) is 0 Å². The van der Waals surface area contributed by atoms with Crippen molar-refractivity contribution in [3.8, 4) is 11.1 Å². The minimum atomic E-state index is 0.743. The summed E-state index contributed by atoms with van der Waals surface area (Å²) >= 11 is 1.77. The average molecular weight is 345 g/mol. The zero-order valence-corrected chi connectivity index (χ0v) is 15.1. The lowest BCUT2D eigenvalue weighted by Crippen LogP contribution is -2.03. The molecule has 25 heavy (non-hydrogen) atoms. The summed E-state index contributed by atoms with van der Waals surface area (Å²) in [7, 11) is 0. The van der Waals surface area contributed by atoms with Crippen LogP contribution in [0, 0.1) is 6.92 Å². The largest absolute Gasteiger partial charge is 0.264 e. The van der Waals surface area contributed by atoms with Crippen molar-refractivity contribution in [2.75, 3.05) is 6.26 Å². The van der Waals surface area contributed by atoms with Crippen LogP contribution in [0.5, 0.6) is 0 Å². The molecule has 0 aliphatic carbocycles. The third-order valence-electron chi connectivity index (χ3n) is 4.43. The molecule has 124 valence electrons. The van der Waals surface area contributed by atoms with E-state index < -0.39 is 0 Å². The Kier molecular flexibility index (Phi) is 4.28. The maximum absolute atomic E-state index is 4.55. The highest BCUT2D eigenvalue weighted by Gasteiger charge is 2.09. The number of aryl methyl sites for hydroxylation is 1. The van der Waals surface area contributed by atoms with E-state index in [-0.39, 0.29) is 0 Å². The maximum Gasteiger partial charge on any atom is 0.0717 e. The van der Waals surface area contributed by atoms with Crippen LogP contribution in [0.25, 0.3) is 22.0 Å². The molecule has 0 saturated heterocycles. The van der Waals surface area contributed by atoms with Gasteiger partial charge in [-0.25, -0.2) is 0 Å². The first-order valence-electron chi connectivity index (χ1n) is 8.24. The van der Waals surface area contributed by atoms with Gasteiger partial charge in [-0.2, -0.15) is 5.10 Å². The van der Waals surface area contributed by atoms with Crippen molar-refractivity contribution in [3.63, 3.8) is 0 Å². The van der Waals surface area contributed by atoms with Gasteiger partial charge in [0, 0.05) is 22.7 Å². The second-order valence-corrected chi connectivity index (χ2v) is 7.01. The summed E-state index contributed by atoms with van der Waals surface area (Å²) in [6.45, 7) is 2.88. The van der Waals surface area contributed by atoms with Gasteiger partial charge < -0.3 is 0 Å². The van der Waals surface area contributed by atoms with Gasteiger partial charge in [0.15, 0.2) is 0 Å². The van der Waals surface area contributed by atoms with Crippen molar-refractivity contribution in [3.05, 3.63) is 78.2 Å². The van der Waals surface area contributed by atoms with Crippen molar-refractivity contribution >= 4 is 22.7 Å². The quantitative estimate of drug-likeness (QED) is 0.478. The van der Waals surface area contributed by atoms with Crippen LogP contribution in [0.4, 0.5) is 0 Å². The van der Waals surface area contributed by atoms with Gasteiger partial charge in [0.2, 0.25) is 0 Å². The number of fused-ring (bicyclic) bond motifs is 1. The van der Waals surface area contributed by atoms with Crippen LogP contribution < -0.4 is 0 Å². The maximum atomic E-state index is 4.55. The standard InChI is InChI=1S/C21H19N3S/c1-15-3-4-17(14-24-21-9-10-22-12-18(21)13-23-24)20(11-15)16-5-7-19(25-2)8-6-16/h3-13H,14H2,1-2H3. The third kappa shape index (κ3) is 3.17. The van der Waals surface area contributed by atoms with E-state index >= 15 is 0 Å². The van der Waals surface area contributed by atoms with Gasteiger partial charge in [0.05, 0.1) is 18.3 Å². The van der Waals surface area contributed by atoms with Crippen LogP contribution in [0.2, 0.25) is 0 Å². The summed E-state index contributed by atoms with van der Waals surface area (Å²) in [6, 6.07) is 17.4. The highest BCUT2D eigenvalue weighted by Crippen LogP contribution is 2.28. The predicted molar refractivity (Wildman–Crippen MR) is 105 cm³/mol. The van der Waals surface area contributed by atoms with E-state index in [1.807, 2.05) is 29.3 Å². The molecule has 0 atom stereocenters. The van der Waals surface area contributed by atoms with Crippen LogP contribution in [0.3, 0.4) is 0 Å². The lowest BCUT2D eigenvalue weighted by molar-refractivity contribution is 0.713. The van der Waals surface area contributed by atoms with Crippen molar-refractivity contribution in [1.82, 2.24) is 14.8 Å². The Bertz CT molecular complexity index is 1020. The summed E-state index contributed by atoms with van der Waals surface area (Å²) in [4.78, 5) is 5.45. The fourth-order valence-corrected chi connectivity index (χ4v) is 3.49. The normalized spacial score (nSPS) is 11.1. The van der Waals surface area contributed by atoms with Crippen LogP contribution in [-0.4, -0.2) is 21.0 Å². The van der Waals surface area contributed by atoms with Crippen LogP contribution in [0.1, 0.15) is 11.1 Å². The second-order valence-electron chi connectivity index (χ2n) is 6.13. The Labute approximate surface area is 151 Å². The van der Waals surface area contributed by atoms with Gasteiger partial charge in [-0.05, 0) is 48.1 Å². The summed E-state index contributed by atoms with van der Waals surface area (Å²) in [5, 5.41) is 5.62. The molecule has 0 aliphatic rings. The topological polar surface area (TPSA) is 30.7 Å². The summed E-state index contributed by atoms with van der Waals surface area (Å²) in [6.07, 6.45) is 7.65. The molecule has 0 radical (unpaired) electrons. The molecule has 4 aromatic rings. The molecular formula is C21H19N3S. The Morgan fingerprint density at radius 3 is 2.64 bits per heavy atom. The van der Waals surface area contributed by atoms with E-state index in [4.69, 9.17) is 0 Å². The highest BCUT2D eigenvalue weighted by atomic mass is 32.2. The first-order chi connectivity index (χ1) is 12.2. The van der Waals surface area contributed by atoms with Crippen LogP contribution in [0.15, 0.2) is 72.0 Å². The Morgan fingerprint density at radius 2 is 1.84 bits per heavy atom. The van der Waals surface area contributed by atoms with Gasteiger partial charge >= 0.3 is 0 Å². The molecule has 0 aliphatic heterocycles. The van der Waals surface area contributed by atoms with Crippen molar-refractivity contribution in [2.45, 2.75) is 18.4 Å². The van der Waals surface area contributed by atoms with Crippen molar-refractivity contribution in [1.29, 1.82) is 0 Å². The lowest BCUT2D eigenvalue weighted by atomic mass is 9.97. The Hall–Kier alpha value is -2.59. The number of aromatic nitrogens is 3. The Balaban J connectivity index is 1.76. The molecular weight excluding hydrogens is 326 g/mol. The van der Waals surface area contributed by atoms with Crippen LogP contribution in [-0.2, 0) is 6.54 Å². The summed E-state index contributed by atoms with van der Waals surface area (Å²) in [5.41, 5.74) is 6.16. The van der Waals surface area contributed by atoms with Gasteiger partial charge in [-0.1, -0.05) is 35.9 Å². The summed E-state index contributed by atoms with van der Waals surface area (Å²) < 4.78 is 2.04. The molecule has 0 N–H and O–H groups in total. The first kappa shape index (κ1) is 15.9. The van der Waals surface area contributed by atoms with Gasteiger partial charge in [-0.15, -0.1) is 11.8 Å². The number of rotatable bonds is 4. The molecule has 2 heterocycles. The molecule has 4 rings (SSSR count). The zero-order chi connectivity index (χ0) is 17.2. The SMILES string of the molecule is CSc1ccc(-c2cc(C)ccc2Cn2ncc3cnccc32)cc1. The van der Waals surface area contributed by atoms with Crippen molar-refractivity contribution < 1.29 is 0 Å². The van der Waals surface area contributed by atoms with E-state index in [1.54, 1.807) is 11.8 Å². The number of benzene rings is 2. The van der Waals surface area contributed by atoms with Crippen molar-refractivity contribution in [2.24, 2.45) is 0 Å². The molecule has 2 aromatic heterocycles. The van der Waals surface area contributed by atoms with Crippen LogP contribution >= 0.6 is 11.8 Å². The molecule has 4 heteroatoms. The average Bonchev–Trinajstić information content (AvgIpc) is 3.06. The third-order valence-corrected chi connectivity index (χ3v) is 5.17. The number of hydrogen-bond acceptors (Lipinski definition) is 3. The molecule has 0 spiro atoms. The fraction of sp³-hybridized carbons (Fsp3) is 0.143. The monoisotopic (exact) mass is 345 g/mol. The number of nitrogens with zero attached hydrogens (tertiary/aromatic N) is 3. The van der Waals surface area contributed by atoms with Gasteiger partial charge in [-0.3, -0.25) is 9.67 Å². The van der Waals surface area contributed by atoms with E-state index in [9.17, 15) is 0 Å². The van der Waals surface area contributed by atoms with E-state index in [1.165, 1.54) is 27.1 Å². The van der Waals surface area contributed by atoms with E-state index in [0.29, 0.717) is 0 Å². The summed E-state index contributed by atoms with van der Waals surface area (Å²) in [5.74, 6) is 0. The lowest BCUT2D eigenvalue weighted by Gasteiger charge is -2.12. The molecule has 0 unspecified atom stereocenters. The smallest absolute Gasteiger partial charge is 0.0717 e. The molecule has 0 bridgehead atoms. The Morgan fingerprint density at radius 1 is 1.00 bits per heavy atom. The minimum Gasteiger partial charge on any atom is -0.264 e. The first-order valence-corrected chi connectivity index (χ1v) is 9.46. The second kappa shape index (κ2) is 6.73. The molecule has 0 amide bonds. The number of thioether (sulfide) groups is 1. The number of hydrogen-bond donors (Lipinski definition) is 0. The minimum absolute atomic E-state index is 0.743. The van der Waals surface area contributed by atoms with Gasteiger partial charge in [0.1, 0.15) is 0 Å². The number of pyridine rings is 1. The van der Waals surface area contributed by atoms with E-state index in [2.05, 4.69) is 65.7 Å². The molecule has 2 aromatic carbocycles. The molecule has 0 saturated carbocycles.